The summed E-state index contributed by atoms with van der Waals surface area (Å²) in [5.74, 6) is 1.88. The van der Waals surface area contributed by atoms with E-state index in [9.17, 15) is 9.90 Å². The second-order valence-electron chi connectivity index (χ2n) is 16.1. The Balaban J connectivity index is 1.33. The van der Waals surface area contributed by atoms with Crippen molar-refractivity contribution in [2.75, 3.05) is 0 Å². The van der Waals surface area contributed by atoms with Crippen LogP contribution in [0.25, 0.3) is 10.9 Å². The minimum absolute atomic E-state index is 0.113. The molecule has 5 aliphatic rings. The lowest BCUT2D eigenvalue weighted by atomic mass is 9.32. The van der Waals surface area contributed by atoms with Gasteiger partial charge in [0.25, 0.3) is 0 Å². The normalized spacial score (nSPS) is 45.9. The van der Waals surface area contributed by atoms with Crippen molar-refractivity contribution in [3.63, 3.8) is 0 Å². The molecule has 4 unspecified atom stereocenters. The monoisotopic (exact) mass is 527 g/mol. The van der Waals surface area contributed by atoms with Crippen molar-refractivity contribution in [3.05, 3.63) is 47.7 Å². The van der Waals surface area contributed by atoms with Gasteiger partial charge in [-0.1, -0.05) is 65.0 Å². The van der Waals surface area contributed by atoms with Crippen LogP contribution >= 0.6 is 0 Å². The summed E-state index contributed by atoms with van der Waals surface area (Å²) in [6.07, 6.45) is 9.91. The van der Waals surface area contributed by atoms with Gasteiger partial charge in [0.15, 0.2) is 0 Å². The highest BCUT2D eigenvalue weighted by atomic mass is 16.4. The van der Waals surface area contributed by atoms with Crippen molar-refractivity contribution in [2.45, 2.75) is 105 Å². The number of hydrogen-bond acceptors (Lipinski definition) is 1. The molecular weight excluding hydrogens is 478 g/mol. The van der Waals surface area contributed by atoms with E-state index in [2.05, 4.69) is 77.4 Å². The summed E-state index contributed by atoms with van der Waals surface area (Å²) in [6.45, 7) is 19.5. The van der Waals surface area contributed by atoms with E-state index in [1.54, 1.807) is 5.56 Å². The molecule has 7 rings (SSSR count). The number of allylic oxidation sites excluding steroid dienone is 1. The summed E-state index contributed by atoms with van der Waals surface area (Å²) in [5, 5.41) is 12.1. The molecule has 0 spiro atoms. The molecule has 9 atom stereocenters. The van der Waals surface area contributed by atoms with E-state index in [0.717, 1.165) is 25.7 Å². The van der Waals surface area contributed by atoms with Crippen LogP contribution in [-0.2, 0) is 16.6 Å². The van der Waals surface area contributed by atoms with Gasteiger partial charge < -0.3 is 10.1 Å². The molecule has 5 aliphatic carbocycles. The van der Waals surface area contributed by atoms with Crippen molar-refractivity contribution in [2.24, 2.45) is 51.2 Å². The summed E-state index contributed by atoms with van der Waals surface area (Å²) >= 11 is 0. The lowest BCUT2D eigenvalue weighted by Gasteiger charge is -2.72. The van der Waals surface area contributed by atoms with Gasteiger partial charge in [0.2, 0.25) is 0 Å². The minimum atomic E-state index is -0.538. The van der Waals surface area contributed by atoms with E-state index in [-0.39, 0.29) is 27.6 Å². The Morgan fingerprint density at radius 3 is 2.38 bits per heavy atom. The first-order valence-electron chi connectivity index (χ1n) is 15.8. The van der Waals surface area contributed by atoms with Crippen molar-refractivity contribution < 1.29 is 9.90 Å². The molecule has 0 saturated heterocycles. The maximum Gasteiger partial charge on any atom is 0.309 e. The van der Waals surface area contributed by atoms with E-state index in [0.29, 0.717) is 23.7 Å². The van der Waals surface area contributed by atoms with Gasteiger partial charge >= 0.3 is 5.97 Å². The molecule has 3 heteroatoms. The Morgan fingerprint density at radius 1 is 0.923 bits per heavy atom. The van der Waals surface area contributed by atoms with Gasteiger partial charge in [-0.25, -0.2) is 0 Å². The first-order valence-corrected chi connectivity index (χ1v) is 15.8. The quantitative estimate of drug-likeness (QED) is 0.383. The average Bonchev–Trinajstić information content (AvgIpc) is 3.45. The van der Waals surface area contributed by atoms with E-state index in [4.69, 9.17) is 0 Å². The van der Waals surface area contributed by atoms with Gasteiger partial charge in [-0.2, -0.15) is 0 Å². The number of nitrogens with one attached hydrogen (secondary N) is 1. The molecule has 4 saturated carbocycles. The largest absolute Gasteiger partial charge is 0.481 e. The first kappa shape index (κ1) is 25.9. The van der Waals surface area contributed by atoms with Crippen LogP contribution in [0.3, 0.4) is 0 Å². The van der Waals surface area contributed by atoms with Crippen LogP contribution in [0.4, 0.5) is 0 Å². The van der Waals surface area contributed by atoms with Crippen LogP contribution in [0.2, 0.25) is 0 Å². The second-order valence-corrected chi connectivity index (χ2v) is 16.1. The number of carboxylic acid groups (broad SMARTS) is 1. The summed E-state index contributed by atoms with van der Waals surface area (Å²) in [4.78, 5) is 16.8. The number of rotatable bonds is 2. The van der Waals surface area contributed by atoms with Crippen LogP contribution in [0.5, 0.6) is 0 Å². The molecule has 0 bridgehead atoms. The van der Waals surface area contributed by atoms with E-state index in [1.807, 2.05) is 0 Å². The molecule has 0 aliphatic heterocycles. The zero-order valence-electron chi connectivity index (χ0n) is 25.1. The van der Waals surface area contributed by atoms with Crippen molar-refractivity contribution in [1.29, 1.82) is 0 Å². The highest BCUT2D eigenvalue weighted by Crippen LogP contribution is 2.77. The lowest BCUT2D eigenvalue weighted by molar-refractivity contribution is -0.227. The number of carbonyl (C=O) groups is 1. The van der Waals surface area contributed by atoms with Crippen LogP contribution < -0.4 is 0 Å². The third-order valence-corrected chi connectivity index (χ3v) is 14.6. The SMILES string of the molecule is C=C(C)[C@@H]1CC[C@]2(C(=O)O)CC[C@]3(C)C(CCC4[C@@]5(C)Cc6c([nH]c7ccccc67)C(C)(C)C5CC[C@]43C)C12. The molecule has 1 aromatic heterocycles. The maximum atomic E-state index is 12.9. The number of aliphatic carboxylic acids is 1. The highest BCUT2D eigenvalue weighted by Gasteiger charge is 2.72. The summed E-state index contributed by atoms with van der Waals surface area (Å²) in [5.41, 5.74) is 5.78. The fourth-order valence-electron chi connectivity index (χ4n) is 12.8. The molecule has 39 heavy (non-hydrogen) atoms. The van der Waals surface area contributed by atoms with Gasteiger partial charge in [0.05, 0.1) is 5.41 Å². The lowest BCUT2D eigenvalue weighted by Crippen LogP contribution is -2.66. The zero-order valence-corrected chi connectivity index (χ0v) is 25.1. The summed E-state index contributed by atoms with van der Waals surface area (Å²) in [6, 6.07) is 8.94. The Labute approximate surface area is 235 Å². The number of aromatic nitrogens is 1. The molecule has 210 valence electrons. The minimum Gasteiger partial charge on any atom is -0.481 e. The fourth-order valence-corrected chi connectivity index (χ4v) is 12.8. The molecule has 0 radical (unpaired) electrons. The summed E-state index contributed by atoms with van der Waals surface area (Å²) in [7, 11) is 0. The number of aromatic amines is 1. The molecule has 2 N–H and O–H groups in total. The molecular formula is C36H49NO2. The van der Waals surface area contributed by atoms with Crippen LogP contribution in [-0.4, -0.2) is 16.1 Å². The third-order valence-electron chi connectivity index (χ3n) is 14.6. The number of hydrogen-bond donors (Lipinski definition) is 2. The maximum absolute atomic E-state index is 12.9. The standard InChI is InChI=1S/C36H49NO2/c1-21(2)22-14-17-36(31(38)39)19-18-34(6)25(29(22)36)12-13-28-33(5)20-24-23-10-8-9-11-26(23)37-30(24)32(3,4)27(33)15-16-35(28,34)7/h8-11,22,25,27-29,37H,1,12-20H2,2-7H3,(H,38,39)/t22-,25?,27?,28?,29?,33-,34+,35+,36-/m0/s1. The molecule has 0 amide bonds. The van der Waals surface area contributed by atoms with E-state index < -0.39 is 11.4 Å². The van der Waals surface area contributed by atoms with Gasteiger partial charge in [-0.15, -0.1) is 0 Å². The Morgan fingerprint density at radius 2 is 1.67 bits per heavy atom. The van der Waals surface area contributed by atoms with Crippen LogP contribution in [0.1, 0.15) is 104 Å². The Kier molecular flexibility index (Phi) is 5.20. The Hall–Kier alpha value is -2.03. The van der Waals surface area contributed by atoms with Crippen molar-refractivity contribution in [3.8, 4) is 0 Å². The topological polar surface area (TPSA) is 53.1 Å². The second kappa shape index (κ2) is 7.83. The van der Waals surface area contributed by atoms with Gasteiger partial charge in [0, 0.05) is 22.0 Å². The molecule has 1 aromatic carbocycles. The predicted octanol–water partition coefficient (Wildman–Crippen LogP) is 8.92. The smallest absolute Gasteiger partial charge is 0.309 e. The Bertz CT molecular complexity index is 1380. The molecule has 3 nitrogen and oxygen atoms in total. The fraction of sp³-hybridized carbons (Fsp3) is 0.694. The van der Waals surface area contributed by atoms with E-state index >= 15 is 0 Å². The van der Waals surface area contributed by atoms with Crippen molar-refractivity contribution in [1.82, 2.24) is 4.98 Å². The number of H-pyrrole nitrogens is 1. The predicted molar refractivity (Wildman–Crippen MR) is 159 cm³/mol. The summed E-state index contributed by atoms with van der Waals surface area (Å²) < 4.78 is 0. The number of fused-ring (bicyclic) bond motifs is 10. The van der Waals surface area contributed by atoms with Gasteiger partial charge in [-0.3, -0.25) is 4.79 Å². The number of carboxylic acids is 1. The highest BCUT2D eigenvalue weighted by molar-refractivity contribution is 5.85. The third kappa shape index (κ3) is 2.93. The van der Waals surface area contributed by atoms with Gasteiger partial charge in [0.1, 0.15) is 0 Å². The average molecular weight is 528 g/mol. The van der Waals surface area contributed by atoms with Crippen molar-refractivity contribution >= 4 is 16.9 Å². The number of benzene rings is 1. The molecule has 1 heterocycles. The first-order chi connectivity index (χ1) is 18.3. The van der Waals surface area contributed by atoms with Gasteiger partial charge in [-0.05, 0) is 122 Å². The molecule has 2 aromatic rings. The van der Waals surface area contributed by atoms with E-state index in [1.165, 1.54) is 54.3 Å². The molecule has 4 fully saturated rings. The van der Waals surface area contributed by atoms with Crippen LogP contribution in [0, 0.1) is 51.2 Å². The van der Waals surface area contributed by atoms with Crippen LogP contribution in [0.15, 0.2) is 36.4 Å². The number of para-hydroxylation sites is 1. The zero-order chi connectivity index (χ0) is 27.8.